The van der Waals surface area contributed by atoms with Crippen molar-refractivity contribution in [3.05, 3.63) is 41.0 Å². The van der Waals surface area contributed by atoms with Crippen molar-refractivity contribution in [2.24, 2.45) is 11.8 Å². The van der Waals surface area contributed by atoms with Gasteiger partial charge in [-0.05, 0) is 48.3 Å². The van der Waals surface area contributed by atoms with E-state index in [0.717, 1.165) is 19.0 Å². The third-order valence-electron chi connectivity index (χ3n) is 3.96. The molecule has 1 aliphatic rings. The van der Waals surface area contributed by atoms with Gasteiger partial charge in [-0.2, -0.15) is 0 Å². The first-order valence-electron chi connectivity index (χ1n) is 8.07. The van der Waals surface area contributed by atoms with E-state index in [9.17, 15) is 0 Å². The molecule has 0 atom stereocenters. The summed E-state index contributed by atoms with van der Waals surface area (Å²) in [6.45, 7) is 11.2. The van der Waals surface area contributed by atoms with Crippen molar-refractivity contribution in [2.45, 2.75) is 46.5 Å². The molecule has 20 heavy (non-hydrogen) atoms. The van der Waals surface area contributed by atoms with Gasteiger partial charge in [0.15, 0.2) is 0 Å². The van der Waals surface area contributed by atoms with Gasteiger partial charge in [0.25, 0.3) is 0 Å². The first-order valence-corrected chi connectivity index (χ1v) is 8.07. The second kappa shape index (κ2) is 7.08. The normalized spacial score (nSPS) is 16.2. The van der Waals surface area contributed by atoms with Crippen molar-refractivity contribution >= 4 is 6.08 Å². The zero-order valence-corrected chi connectivity index (χ0v) is 13.4. The molecular formula is C19H29N. The molecule has 0 aromatic heterocycles. The molecule has 1 aromatic rings. The van der Waals surface area contributed by atoms with Crippen LogP contribution in [0.25, 0.3) is 6.08 Å². The third kappa shape index (κ3) is 4.79. The zero-order valence-electron chi connectivity index (χ0n) is 13.4. The minimum absolute atomic E-state index is 0.595. The van der Waals surface area contributed by atoms with Crippen LogP contribution in [0.15, 0.2) is 29.8 Å². The van der Waals surface area contributed by atoms with Crippen LogP contribution in [-0.2, 0) is 0 Å². The standard InChI is InChI=1S/C19H29N/c1-14(2)12-20-13-19(15(3)4)11-16-5-7-17(8-6-16)18-9-10-18/h5-8,11,14-15,18,20H,9-10,12-13H2,1-4H3/b19-11-. The molecule has 0 amide bonds. The van der Waals surface area contributed by atoms with Crippen molar-refractivity contribution in [3.63, 3.8) is 0 Å². The van der Waals surface area contributed by atoms with Crippen LogP contribution in [-0.4, -0.2) is 13.1 Å². The van der Waals surface area contributed by atoms with Gasteiger partial charge in [-0.3, -0.25) is 0 Å². The Morgan fingerprint density at radius 3 is 2.30 bits per heavy atom. The first-order chi connectivity index (χ1) is 9.56. The maximum absolute atomic E-state index is 3.56. The Labute approximate surface area is 124 Å². The quantitative estimate of drug-likeness (QED) is 0.747. The highest BCUT2D eigenvalue weighted by atomic mass is 14.9. The number of rotatable bonds is 7. The molecule has 1 heteroatoms. The summed E-state index contributed by atoms with van der Waals surface area (Å²) in [5.74, 6) is 2.16. The lowest BCUT2D eigenvalue weighted by molar-refractivity contribution is 0.558. The minimum atomic E-state index is 0.595. The summed E-state index contributed by atoms with van der Waals surface area (Å²) in [7, 11) is 0. The molecule has 1 aliphatic carbocycles. The molecule has 0 heterocycles. The molecule has 1 aromatic carbocycles. The SMILES string of the molecule is CC(C)CNC/C(=C/c1ccc(C2CC2)cc1)C(C)C. The van der Waals surface area contributed by atoms with Gasteiger partial charge in [-0.1, -0.05) is 63.6 Å². The van der Waals surface area contributed by atoms with Crippen LogP contribution < -0.4 is 5.32 Å². The fourth-order valence-electron chi connectivity index (χ4n) is 2.42. The highest BCUT2D eigenvalue weighted by Crippen LogP contribution is 2.39. The molecule has 1 N–H and O–H groups in total. The number of hydrogen-bond donors (Lipinski definition) is 1. The lowest BCUT2D eigenvalue weighted by Gasteiger charge is -2.14. The second-order valence-electron chi connectivity index (χ2n) is 6.84. The fourth-order valence-corrected chi connectivity index (χ4v) is 2.42. The molecule has 2 rings (SSSR count). The van der Waals surface area contributed by atoms with Crippen molar-refractivity contribution in [2.75, 3.05) is 13.1 Å². The summed E-state index contributed by atoms with van der Waals surface area (Å²) in [5, 5.41) is 3.56. The van der Waals surface area contributed by atoms with Gasteiger partial charge in [0.2, 0.25) is 0 Å². The third-order valence-corrected chi connectivity index (χ3v) is 3.96. The van der Waals surface area contributed by atoms with Crippen LogP contribution >= 0.6 is 0 Å². The molecule has 0 unspecified atom stereocenters. The number of nitrogens with one attached hydrogen (secondary N) is 1. The average molecular weight is 271 g/mol. The molecular weight excluding hydrogens is 242 g/mol. The summed E-state index contributed by atoms with van der Waals surface area (Å²) >= 11 is 0. The van der Waals surface area contributed by atoms with Gasteiger partial charge in [-0.15, -0.1) is 0 Å². The average Bonchev–Trinajstić information content (AvgIpc) is 3.22. The van der Waals surface area contributed by atoms with Crippen molar-refractivity contribution in [3.8, 4) is 0 Å². The Morgan fingerprint density at radius 1 is 1.15 bits per heavy atom. The Balaban J connectivity index is 1.99. The van der Waals surface area contributed by atoms with Crippen LogP contribution in [0.4, 0.5) is 0 Å². The van der Waals surface area contributed by atoms with E-state index in [-0.39, 0.29) is 0 Å². The smallest absolute Gasteiger partial charge is 0.0170 e. The van der Waals surface area contributed by atoms with E-state index in [4.69, 9.17) is 0 Å². The summed E-state index contributed by atoms with van der Waals surface area (Å²) in [6, 6.07) is 9.17. The van der Waals surface area contributed by atoms with E-state index in [1.54, 1.807) is 0 Å². The Bertz CT molecular complexity index is 435. The van der Waals surface area contributed by atoms with E-state index in [1.807, 2.05) is 0 Å². The van der Waals surface area contributed by atoms with Crippen molar-refractivity contribution < 1.29 is 0 Å². The second-order valence-corrected chi connectivity index (χ2v) is 6.84. The summed E-state index contributed by atoms with van der Waals surface area (Å²) < 4.78 is 0. The van der Waals surface area contributed by atoms with Crippen molar-refractivity contribution in [1.82, 2.24) is 5.32 Å². The van der Waals surface area contributed by atoms with Crippen LogP contribution in [0.1, 0.15) is 57.6 Å². The Morgan fingerprint density at radius 2 is 1.80 bits per heavy atom. The van der Waals surface area contributed by atoms with Gasteiger partial charge in [0.05, 0.1) is 0 Å². The first kappa shape index (κ1) is 15.3. The number of benzene rings is 1. The molecule has 0 aliphatic heterocycles. The predicted octanol–water partition coefficient (Wildman–Crippen LogP) is 4.85. The molecule has 1 saturated carbocycles. The van der Waals surface area contributed by atoms with Crippen molar-refractivity contribution in [1.29, 1.82) is 0 Å². The molecule has 1 fully saturated rings. The van der Waals surface area contributed by atoms with Gasteiger partial charge in [-0.25, -0.2) is 0 Å². The number of hydrogen-bond acceptors (Lipinski definition) is 1. The predicted molar refractivity (Wildman–Crippen MR) is 88.9 cm³/mol. The van der Waals surface area contributed by atoms with Gasteiger partial charge in [0, 0.05) is 6.54 Å². The molecule has 0 spiro atoms. The lowest BCUT2D eigenvalue weighted by Crippen LogP contribution is -2.23. The molecule has 0 saturated heterocycles. The monoisotopic (exact) mass is 271 g/mol. The fraction of sp³-hybridized carbons (Fsp3) is 0.579. The van der Waals surface area contributed by atoms with Crippen LogP contribution in [0.2, 0.25) is 0 Å². The summed E-state index contributed by atoms with van der Waals surface area (Å²) in [4.78, 5) is 0. The van der Waals surface area contributed by atoms with Crippen LogP contribution in [0.5, 0.6) is 0 Å². The van der Waals surface area contributed by atoms with Gasteiger partial charge >= 0.3 is 0 Å². The maximum atomic E-state index is 3.56. The largest absolute Gasteiger partial charge is 0.313 e. The molecule has 1 nitrogen and oxygen atoms in total. The van der Waals surface area contributed by atoms with E-state index in [0.29, 0.717) is 11.8 Å². The van der Waals surface area contributed by atoms with E-state index < -0.39 is 0 Å². The van der Waals surface area contributed by atoms with Crippen LogP contribution in [0.3, 0.4) is 0 Å². The highest BCUT2D eigenvalue weighted by Gasteiger charge is 2.22. The maximum Gasteiger partial charge on any atom is 0.0170 e. The lowest BCUT2D eigenvalue weighted by atomic mass is 9.99. The molecule has 0 radical (unpaired) electrons. The molecule has 110 valence electrons. The summed E-state index contributed by atoms with van der Waals surface area (Å²) in [5.41, 5.74) is 4.35. The van der Waals surface area contributed by atoms with E-state index >= 15 is 0 Å². The highest BCUT2D eigenvalue weighted by molar-refractivity contribution is 5.54. The van der Waals surface area contributed by atoms with Gasteiger partial charge in [0.1, 0.15) is 0 Å². The van der Waals surface area contributed by atoms with E-state index in [2.05, 4.69) is 63.4 Å². The van der Waals surface area contributed by atoms with Gasteiger partial charge < -0.3 is 5.32 Å². The van der Waals surface area contributed by atoms with Crippen LogP contribution in [0, 0.1) is 11.8 Å². The van der Waals surface area contributed by atoms with E-state index in [1.165, 1.54) is 29.5 Å². The topological polar surface area (TPSA) is 12.0 Å². The summed E-state index contributed by atoms with van der Waals surface area (Å²) in [6.07, 6.45) is 5.12. The zero-order chi connectivity index (χ0) is 14.5. The Kier molecular flexibility index (Phi) is 5.42. The minimum Gasteiger partial charge on any atom is -0.313 e. The molecule has 0 bridgehead atoms. The Hall–Kier alpha value is -1.08.